The first-order chi connectivity index (χ1) is 13.8. The molecular formula is C20H21N3O5S. The van der Waals surface area contributed by atoms with Crippen molar-refractivity contribution < 1.29 is 23.9 Å². The maximum Gasteiger partial charge on any atom is 0.338 e. The van der Waals surface area contributed by atoms with Gasteiger partial charge in [0, 0.05) is 19.5 Å². The van der Waals surface area contributed by atoms with Crippen molar-refractivity contribution in [2.75, 3.05) is 11.9 Å². The number of primary amides is 1. The lowest BCUT2D eigenvalue weighted by atomic mass is 10.1. The fourth-order valence-electron chi connectivity index (χ4n) is 2.93. The van der Waals surface area contributed by atoms with Crippen LogP contribution in [0, 0.1) is 0 Å². The molecule has 29 heavy (non-hydrogen) atoms. The van der Waals surface area contributed by atoms with E-state index in [1.54, 1.807) is 34.5 Å². The van der Waals surface area contributed by atoms with Crippen LogP contribution < -0.4 is 11.1 Å². The van der Waals surface area contributed by atoms with Crippen LogP contribution in [-0.4, -0.2) is 41.2 Å². The highest BCUT2D eigenvalue weighted by molar-refractivity contribution is 7.14. The van der Waals surface area contributed by atoms with E-state index in [0.717, 1.165) is 29.9 Å². The van der Waals surface area contributed by atoms with E-state index in [0.29, 0.717) is 23.5 Å². The van der Waals surface area contributed by atoms with Crippen LogP contribution in [0.4, 0.5) is 5.00 Å². The monoisotopic (exact) mass is 415 g/mol. The molecular weight excluding hydrogens is 394 g/mol. The maximum atomic E-state index is 12.3. The molecule has 0 bridgehead atoms. The van der Waals surface area contributed by atoms with Gasteiger partial charge in [0.15, 0.2) is 6.10 Å². The molecule has 1 aliphatic heterocycles. The smallest absolute Gasteiger partial charge is 0.338 e. The third kappa shape index (κ3) is 5.00. The Hall–Kier alpha value is -3.20. The van der Waals surface area contributed by atoms with Gasteiger partial charge in [0.25, 0.3) is 11.8 Å². The lowest BCUT2D eigenvalue weighted by Gasteiger charge is -2.16. The molecule has 1 saturated heterocycles. The molecule has 3 amide bonds. The van der Waals surface area contributed by atoms with Gasteiger partial charge in [0.05, 0.1) is 11.1 Å². The molecule has 152 valence electrons. The second-order valence-corrected chi connectivity index (χ2v) is 7.60. The number of nitrogens with two attached hydrogens (primary N) is 1. The van der Waals surface area contributed by atoms with Gasteiger partial charge in [-0.2, -0.15) is 0 Å². The molecule has 2 heterocycles. The first-order valence-electron chi connectivity index (χ1n) is 9.11. The number of thiophene rings is 1. The van der Waals surface area contributed by atoms with Crippen molar-refractivity contribution in [3.63, 3.8) is 0 Å². The highest BCUT2D eigenvalue weighted by atomic mass is 32.1. The number of rotatable bonds is 7. The molecule has 0 aliphatic carbocycles. The first-order valence-corrected chi connectivity index (χ1v) is 9.99. The molecule has 0 saturated carbocycles. The number of esters is 1. The summed E-state index contributed by atoms with van der Waals surface area (Å²) in [4.78, 5) is 49.4. The molecule has 0 radical (unpaired) electrons. The van der Waals surface area contributed by atoms with Crippen LogP contribution in [0.5, 0.6) is 0 Å². The highest BCUT2D eigenvalue weighted by Gasteiger charge is 2.22. The van der Waals surface area contributed by atoms with Crippen LogP contribution in [-0.2, 0) is 20.9 Å². The number of hydrogen-bond donors (Lipinski definition) is 2. The van der Waals surface area contributed by atoms with E-state index in [-0.39, 0.29) is 11.5 Å². The molecule has 1 fully saturated rings. The van der Waals surface area contributed by atoms with E-state index in [1.807, 2.05) is 0 Å². The molecule has 2 aromatic rings. The molecule has 1 atom stereocenters. The standard InChI is InChI=1S/C20H21N3O5S/c1-12(18(26)22-19-15(17(21)25)8-10-29-19)28-20(27)14-6-4-13(5-7-14)11-23-9-2-3-16(23)24/h4-8,10,12H,2-3,9,11H2,1H3,(H2,21,25)(H,22,26). The number of anilines is 1. The number of hydrogen-bond acceptors (Lipinski definition) is 6. The summed E-state index contributed by atoms with van der Waals surface area (Å²) in [5.41, 5.74) is 6.67. The van der Waals surface area contributed by atoms with E-state index >= 15 is 0 Å². The van der Waals surface area contributed by atoms with E-state index in [1.165, 1.54) is 13.0 Å². The van der Waals surface area contributed by atoms with Gasteiger partial charge in [-0.1, -0.05) is 12.1 Å². The Bertz CT molecular complexity index is 938. The molecule has 0 spiro atoms. The summed E-state index contributed by atoms with van der Waals surface area (Å²) in [6, 6.07) is 8.24. The summed E-state index contributed by atoms with van der Waals surface area (Å²) >= 11 is 1.15. The van der Waals surface area contributed by atoms with Crippen LogP contribution in [0.15, 0.2) is 35.7 Å². The Labute approximate surface area is 171 Å². The number of nitrogens with one attached hydrogen (secondary N) is 1. The minimum Gasteiger partial charge on any atom is -0.449 e. The van der Waals surface area contributed by atoms with Gasteiger partial charge in [-0.15, -0.1) is 11.3 Å². The van der Waals surface area contributed by atoms with E-state index in [2.05, 4.69) is 5.32 Å². The summed E-state index contributed by atoms with van der Waals surface area (Å²) in [5.74, 6) is -1.72. The van der Waals surface area contributed by atoms with Crippen LogP contribution >= 0.6 is 11.3 Å². The van der Waals surface area contributed by atoms with Crippen molar-refractivity contribution in [1.29, 1.82) is 0 Å². The molecule has 1 unspecified atom stereocenters. The van der Waals surface area contributed by atoms with Crippen molar-refractivity contribution >= 4 is 40.0 Å². The largest absolute Gasteiger partial charge is 0.449 e. The van der Waals surface area contributed by atoms with Gasteiger partial charge in [0.2, 0.25) is 5.91 Å². The molecule has 3 N–H and O–H groups in total. The second kappa shape index (κ2) is 8.87. The second-order valence-electron chi connectivity index (χ2n) is 6.68. The molecule has 1 aromatic carbocycles. The van der Waals surface area contributed by atoms with Crippen molar-refractivity contribution in [3.05, 3.63) is 52.4 Å². The van der Waals surface area contributed by atoms with Gasteiger partial charge in [-0.05, 0) is 42.5 Å². The number of carbonyl (C=O) groups excluding carboxylic acids is 4. The van der Waals surface area contributed by atoms with Crippen LogP contribution in [0.2, 0.25) is 0 Å². The van der Waals surface area contributed by atoms with Crippen molar-refractivity contribution in [2.24, 2.45) is 5.73 Å². The fraction of sp³-hybridized carbons (Fsp3) is 0.300. The zero-order valence-electron chi connectivity index (χ0n) is 15.8. The lowest BCUT2D eigenvalue weighted by molar-refractivity contribution is -0.128. The zero-order chi connectivity index (χ0) is 21.0. The third-order valence-electron chi connectivity index (χ3n) is 4.55. The van der Waals surface area contributed by atoms with Gasteiger partial charge < -0.3 is 20.7 Å². The Morgan fingerprint density at radius 1 is 1.24 bits per heavy atom. The summed E-state index contributed by atoms with van der Waals surface area (Å²) in [6.07, 6.45) is 0.388. The number of likely N-dealkylation sites (tertiary alicyclic amines) is 1. The van der Waals surface area contributed by atoms with Crippen LogP contribution in [0.1, 0.15) is 46.0 Å². The van der Waals surface area contributed by atoms with Gasteiger partial charge >= 0.3 is 5.97 Å². The minimum atomic E-state index is -1.06. The Balaban J connectivity index is 1.56. The number of ether oxygens (including phenoxy) is 1. The van der Waals surface area contributed by atoms with Crippen molar-refractivity contribution in [2.45, 2.75) is 32.4 Å². The van der Waals surface area contributed by atoms with Crippen LogP contribution in [0.3, 0.4) is 0 Å². The average molecular weight is 415 g/mol. The lowest BCUT2D eigenvalue weighted by Crippen LogP contribution is -2.30. The predicted molar refractivity (Wildman–Crippen MR) is 107 cm³/mol. The molecule has 9 heteroatoms. The summed E-state index contributed by atoms with van der Waals surface area (Å²) in [6.45, 7) is 2.70. The SMILES string of the molecule is CC(OC(=O)c1ccc(CN2CCCC2=O)cc1)C(=O)Nc1sccc1C(N)=O. The number of nitrogens with zero attached hydrogens (tertiary/aromatic N) is 1. The van der Waals surface area contributed by atoms with Crippen molar-refractivity contribution in [1.82, 2.24) is 4.90 Å². The van der Waals surface area contributed by atoms with Gasteiger partial charge in [0.1, 0.15) is 5.00 Å². The van der Waals surface area contributed by atoms with Gasteiger partial charge in [-0.3, -0.25) is 14.4 Å². The normalized spacial score (nSPS) is 14.5. The number of benzene rings is 1. The summed E-state index contributed by atoms with van der Waals surface area (Å²) in [7, 11) is 0. The Morgan fingerprint density at radius 3 is 2.59 bits per heavy atom. The fourth-order valence-corrected chi connectivity index (χ4v) is 3.73. The maximum absolute atomic E-state index is 12.3. The molecule has 1 aliphatic rings. The molecule has 8 nitrogen and oxygen atoms in total. The quantitative estimate of drug-likeness (QED) is 0.672. The third-order valence-corrected chi connectivity index (χ3v) is 5.38. The van der Waals surface area contributed by atoms with Gasteiger partial charge in [-0.25, -0.2) is 4.79 Å². The summed E-state index contributed by atoms with van der Waals surface area (Å²) < 4.78 is 5.21. The topological polar surface area (TPSA) is 119 Å². The predicted octanol–water partition coefficient (Wildman–Crippen LogP) is 2.15. The molecule has 1 aromatic heterocycles. The average Bonchev–Trinajstić information content (AvgIpc) is 3.31. The van der Waals surface area contributed by atoms with E-state index < -0.39 is 23.9 Å². The van der Waals surface area contributed by atoms with E-state index in [9.17, 15) is 19.2 Å². The Kier molecular flexibility index (Phi) is 6.28. The van der Waals surface area contributed by atoms with E-state index in [4.69, 9.17) is 10.5 Å². The molecule has 3 rings (SSSR count). The minimum absolute atomic E-state index is 0.138. The van der Waals surface area contributed by atoms with Crippen molar-refractivity contribution in [3.8, 4) is 0 Å². The highest BCUT2D eigenvalue weighted by Crippen LogP contribution is 2.23. The number of carbonyl (C=O) groups is 4. The van der Waals surface area contributed by atoms with Crippen LogP contribution in [0.25, 0.3) is 0 Å². The Morgan fingerprint density at radius 2 is 1.97 bits per heavy atom. The summed E-state index contributed by atoms with van der Waals surface area (Å²) in [5, 5.41) is 4.49. The first kappa shape index (κ1) is 20.5. The zero-order valence-corrected chi connectivity index (χ0v) is 16.7. The number of amides is 3.